The van der Waals surface area contributed by atoms with Crippen LogP contribution in [0.1, 0.15) is 18.4 Å². The lowest BCUT2D eigenvalue weighted by Crippen LogP contribution is -2.40. The monoisotopic (exact) mass is 458 g/mol. The van der Waals surface area contributed by atoms with E-state index in [2.05, 4.69) is 20.0 Å². The number of aliphatic carboxylic acids is 1. The largest absolute Gasteiger partial charge is 0.497 e. The van der Waals surface area contributed by atoms with Crippen LogP contribution in [0.4, 0.5) is 18.3 Å². The average Bonchev–Trinajstić information content (AvgIpc) is 3.45. The minimum Gasteiger partial charge on any atom is -0.497 e. The summed E-state index contributed by atoms with van der Waals surface area (Å²) in [5.41, 5.74) is 2.77. The third-order valence-corrected chi connectivity index (χ3v) is 5.95. The number of carboxylic acids is 1. The van der Waals surface area contributed by atoms with Gasteiger partial charge in [-0.25, -0.2) is 4.79 Å². The van der Waals surface area contributed by atoms with E-state index in [1.54, 1.807) is 24.0 Å². The van der Waals surface area contributed by atoms with E-state index in [0.29, 0.717) is 18.5 Å². The molecule has 2 aliphatic rings. The minimum atomic E-state index is -5.08. The molecule has 2 aromatic rings. The number of hydrogen-bond donors (Lipinski definition) is 1. The van der Waals surface area contributed by atoms with Gasteiger partial charge >= 0.3 is 12.1 Å². The number of likely N-dealkylation sites (tertiary alicyclic amines) is 1. The third-order valence-electron chi connectivity index (χ3n) is 5.22. The van der Waals surface area contributed by atoms with Crippen LogP contribution in [-0.2, 0) is 16.0 Å². The Morgan fingerprint density at radius 1 is 1.26 bits per heavy atom. The predicted molar refractivity (Wildman–Crippen MR) is 106 cm³/mol. The van der Waals surface area contributed by atoms with Crippen LogP contribution >= 0.6 is 11.3 Å². The van der Waals surface area contributed by atoms with Crippen LogP contribution in [-0.4, -0.2) is 70.5 Å². The van der Waals surface area contributed by atoms with Crippen LogP contribution in [0, 0.1) is 0 Å². The number of carbonyl (C=O) groups is 2. The number of methoxy groups -OCH3 is 1. The van der Waals surface area contributed by atoms with E-state index in [1.807, 2.05) is 24.3 Å². The summed E-state index contributed by atoms with van der Waals surface area (Å²) < 4.78 is 37.0. The van der Waals surface area contributed by atoms with Crippen LogP contribution in [0.5, 0.6) is 5.75 Å². The van der Waals surface area contributed by atoms with Gasteiger partial charge in [0.2, 0.25) is 11.0 Å². The van der Waals surface area contributed by atoms with E-state index in [-0.39, 0.29) is 5.91 Å². The van der Waals surface area contributed by atoms with Crippen molar-refractivity contribution in [3.8, 4) is 5.75 Å². The molecule has 0 aliphatic carbocycles. The maximum absolute atomic E-state index is 12.8. The number of amides is 1. The molecule has 0 unspecified atom stereocenters. The van der Waals surface area contributed by atoms with Crippen molar-refractivity contribution < 1.29 is 32.6 Å². The number of carbonyl (C=O) groups excluding carboxylic acids is 1. The van der Waals surface area contributed by atoms with Crippen LogP contribution in [0.2, 0.25) is 0 Å². The van der Waals surface area contributed by atoms with Crippen molar-refractivity contribution in [2.75, 3.05) is 25.1 Å². The quantitative estimate of drug-likeness (QED) is 0.753. The molecule has 8 nitrogen and oxygen atoms in total. The van der Waals surface area contributed by atoms with Crippen molar-refractivity contribution in [1.82, 2.24) is 15.1 Å². The van der Waals surface area contributed by atoms with E-state index >= 15 is 0 Å². The van der Waals surface area contributed by atoms with Crippen molar-refractivity contribution in [3.63, 3.8) is 0 Å². The summed E-state index contributed by atoms with van der Waals surface area (Å²) in [6, 6.07) is 8.43. The lowest BCUT2D eigenvalue weighted by atomic mass is 10.1. The van der Waals surface area contributed by atoms with E-state index in [1.165, 1.54) is 0 Å². The van der Waals surface area contributed by atoms with Gasteiger partial charge < -0.3 is 19.6 Å². The van der Waals surface area contributed by atoms with Gasteiger partial charge in [0.1, 0.15) is 11.3 Å². The number of halogens is 3. The summed E-state index contributed by atoms with van der Waals surface area (Å²) in [5, 5.41) is 16.2. The molecule has 31 heavy (non-hydrogen) atoms. The smallest absolute Gasteiger partial charge is 0.490 e. The normalized spacial score (nSPS) is 20.1. The molecule has 4 rings (SSSR count). The maximum Gasteiger partial charge on any atom is 0.490 e. The van der Waals surface area contributed by atoms with Crippen molar-refractivity contribution in [1.29, 1.82) is 0 Å². The number of hydrogen-bond acceptors (Lipinski definition) is 7. The molecule has 1 N–H and O–H groups in total. The zero-order valence-corrected chi connectivity index (χ0v) is 17.4. The first-order valence-electron chi connectivity index (χ1n) is 9.46. The van der Waals surface area contributed by atoms with Gasteiger partial charge in [0.25, 0.3) is 0 Å². The second kappa shape index (κ2) is 9.50. The van der Waals surface area contributed by atoms with Gasteiger partial charge in [-0.2, -0.15) is 13.2 Å². The Hall–Kier alpha value is -2.89. The Labute approximate surface area is 180 Å². The number of ether oxygens (including phenoxy) is 1. The first-order chi connectivity index (χ1) is 14.7. The number of carboxylic acid groups (broad SMARTS) is 1. The average molecular weight is 458 g/mol. The highest BCUT2D eigenvalue weighted by atomic mass is 32.1. The number of nitrogens with zero attached hydrogens (tertiary/aromatic N) is 4. The van der Waals surface area contributed by atoms with Crippen LogP contribution in [0.3, 0.4) is 0 Å². The summed E-state index contributed by atoms with van der Waals surface area (Å²) in [4.78, 5) is 26.1. The Morgan fingerprint density at radius 2 is 1.97 bits per heavy atom. The molecular weight excluding hydrogens is 437 g/mol. The van der Waals surface area contributed by atoms with E-state index in [4.69, 9.17) is 14.6 Å². The van der Waals surface area contributed by atoms with Crippen LogP contribution in [0.15, 0.2) is 29.8 Å². The highest BCUT2D eigenvalue weighted by Gasteiger charge is 2.45. The van der Waals surface area contributed by atoms with Gasteiger partial charge in [-0.15, -0.1) is 10.2 Å². The van der Waals surface area contributed by atoms with E-state index in [9.17, 15) is 18.0 Å². The Kier molecular flexibility index (Phi) is 6.98. The molecule has 12 heteroatoms. The summed E-state index contributed by atoms with van der Waals surface area (Å²) >= 11 is 1.57. The zero-order chi connectivity index (χ0) is 22.6. The highest BCUT2D eigenvalue weighted by molar-refractivity contribution is 7.13. The summed E-state index contributed by atoms with van der Waals surface area (Å²) in [5.74, 6) is -1.76. The van der Waals surface area contributed by atoms with Crippen molar-refractivity contribution >= 4 is 28.3 Å². The fourth-order valence-corrected chi connectivity index (χ4v) is 4.53. The Morgan fingerprint density at radius 3 is 2.58 bits per heavy atom. The van der Waals surface area contributed by atoms with Crippen molar-refractivity contribution in [2.45, 2.75) is 37.5 Å². The SMILES string of the molecule is COc1cccc(CC(=O)N2CC[C@H]3[C@H]2CCN3c2nncs2)c1.O=C(O)C(F)(F)F. The first kappa shape index (κ1) is 22.8. The molecule has 0 saturated carbocycles. The molecule has 0 radical (unpaired) electrons. The molecule has 2 atom stereocenters. The van der Waals surface area contributed by atoms with Gasteiger partial charge in [0, 0.05) is 13.1 Å². The topological polar surface area (TPSA) is 95.9 Å². The van der Waals surface area contributed by atoms with Gasteiger partial charge in [0.05, 0.1) is 25.6 Å². The van der Waals surface area contributed by atoms with Gasteiger partial charge in [-0.3, -0.25) is 4.79 Å². The summed E-state index contributed by atoms with van der Waals surface area (Å²) in [6.45, 7) is 1.78. The maximum atomic E-state index is 12.8. The molecule has 2 saturated heterocycles. The lowest BCUT2D eigenvalue weighted by molar-refractivity contribution is -0.192. The van der Waals surface area contributed by atoms with Gasteiger partial charge in [0.15, 0.2) is 0 Å². The fourth-order valence-electron chi connectivity index (χ4n) is 3.88. The third kappa shape index (κ3) is 5.43. The number of fused-ring (bicyclic) bond motifs is 1. The number of rotatable bonds is 4. The Balaban J connectivity index is 0.000000339. The second-order valence-electron chi connectivity index (χ2n) is 7.05. The number of aromatic nitrogens is 2. The predicted octanol–water partition coefficient (Wildman–Crippen LogP) is 2.60. The summed E-state index contributed by atoms with van der Waals surface area (Å²) in [7, 11) is 1.65. The van der Waals surface area contributed by atoms with E-state index in [0.717, 1.165) is 42.4 Å². The summed E-state index contributed by atoms with van der Waals surface area (Å²) in [6.07, 6.45) is -2.64. The first-order valence-corrected chi connectivity index (χ1v) is 10.3. The van der Waals surface area contributed by atoms with Crippen LogP contribution in [0.25, 0.3) is 0 Å². The van der Waals surface area contributed by atoms with Gasteiger partial charge in [-0.05, 0) is 30.5 Å². The fraction of sp³-hybridized carbons (Fsp3) is 0.474. The second-order valence-corrected chi connectivity index (χ2v) is 7.86. The number of alkyl halides is 3. The standard InChI is InChI=1S/C17H20N4O2S.C2HF3O2/c1-23-13-4-2-3-12(9-13)10-16(22)20-7-5-15-14(20)6-8-21(15)17-19-18-11-24-17;3-2(4,5)1(6)7/h2-4,9,11,14-15H,5-8,10H2,1H3;(H,6,7)/t14-,15+;/m1./s1. The Bertz CT molecular complexity index is 910. The molecule has 0 spiro atoms. The molecule has 1 aromatic carbocycles. The van der Waals surface area contributed by atoms with Crippen molar-refractivity contribution in [2.24, 2.45) is 0 Å². The van der Waals surface area contributed by atoms with Gasteiger partial charge in [-0.1, -0.05) is 23.5 Å². The molecule has 0 bridgehead atoms. The van der Waals surface area contributed by atoms with Crippen molar-refractivity contribution in [3.05, 3.63) is 35.3 Å². The highest BCUT2D eigenvalue weighted by Crippen LogP contribution is 2.35. The number of anilines is 1. The molecule has 1 aromatic heterocycles. The molecule has 3 heterocycles. The lowest BCUT2D eigenvalue weighted by Gasteiger charge is -2.25. The van der Waals surface area contributed by atoms with E-state index < -0.39 is 12.1 Å². The molecule has 2 aliphatic heterocycles. The molecule has 168 valence electrons. The molecule has 1 amide bonds. The minimum absolute atomic E-state index is 0.204. The number of benzene rings is 1. The zero-order valence-electron chi connectivity index (χ0n) is 16.6. The molecule has 2 fully saturated rings. The van der Waals surface area contributed by atoms with Crippen LogP contribution < -0.4 is 9.64 Å². The molecular formula is C19H21F3N4O4S.